The molecular formula is C30H29NO6. The number of aromatic nitrogens is 1. The Hall–Kier alpha value is -4.00. The van der Waals surface area contributed by atoms with Gasteiger partial charge in [0, 0.05) is 35.9 Å². The first-order chi connectivity index (χ1) is 17.9. The lowest BCUT2D eigenvalue weighted by molar-refractivity contribution is -0.135. The van der Waals surface area contributed by atoms with Crippen molar-refractivity contribution in [2.75, 3.05) is 0 Å². The minimum Gasteiger partial charge on any atom is -0.507 e. The highest BCUT2D eigenvalue weighted by Crippen LogP contribution is 2.47. The van der Waals surface area contributed by atoms with Crippen molar-refractivity contribution in [1.29, 1.82) is 0 Å². The fourth-order valence-corrected chi connectivity index (χ4v) is 5.11. The summed E-state index contributed by atoms with van der Waals surface area (Å²) in [5.74, 6) is -1.36. The lowest BCUT2D eigenvalue weighted by Crippen LogP contribution is -2.23. The van der Waals surface area contributed by atoms with Crippen molar-refractivity contribution in [2.45, 2.75) is 63.9 Å². The average molecular weight is 500 g/mol. The van der Waals surface area contributed by atoms with Crippen molar-refractivity contribution in [1.82, 2.24) is 4.98 Å². The number of hydrogen-bond donors (Lipinski definition) is 1. The Labute approximate surface area is 215 Å². The van der Waals surface area contributed by atoms with Crippen LogP contribution in [0, 0.1) is 0 Å². The summed E-state index contributed by atoms with van der Waals surface area (Å²) < 4.78 is 11.2. The highest BCUT2D eigenvalue weighted by atomic mass is 16.5. The number of Topliss-reactive ketones (excluding diaryl/α,β-unsaturated/α-hetero) is 1. The molecule has 0 spiro atoms. The SMILES string of the molecule is CC1CCCC(=O)CCC/C=C/c2cc3c(c(O)c2C(=O)O1)C(c1ccc2ncccc2c1)CC(=O)O3. The van der Waals surface area contributed by atoms with Crippen LogP contribution in [0.15, 0.2) is 48.7 Å². The van der Waals surface area contributed by atoms with Crippen LogP contribution in [0.3, 0.4) is 0 Å². The topological polar surface area (TPSA) is 103 Å². The van der Waals surface area contributed by atoms with Crippen LogP contribution >= 0.6 is 0 Å². The monoisotopic (exact) mass is 499 g/mol. The van der Waals surface area contributed by atoms with E-state index in [4.69, 9.17) is 9.47 Å². The number of pyridine rings is 1. The number of rotatable bonds is 1. The summed E-state index contributed by atoms with van der Waals surface area (Å²) in [7, 11) is 0. The zero-order valence-corrected chi connectivity index (χ0v) is 20.7. The van der Waals surface area contributed by atoms with Gasteiger partial charge in [-0.3, -0.25) is 14.6 Å². The third-order valence-electron chi connectivity index (χ3n) is 7.01. The number of benzene rings is 2. The smallest absolute Gasteiger partial charge is 0.342 e. The van der Waals surface area contributed by atoms with Gasteiger partial charge in [0.05, 0.1) is 18.0 Å². The van der Waals surface area contributed by atoms with Crippen molar-refractivity contribution in [3.8, 4) is 11.5 Å². The summed E-state index contributed by atoms with van der Waals surface area (Å²) in [5.41, 5.74) is 2.50. The molecule has 2 aliphatic heterocycles. The van der Waals surface area contributed by atoms with E-state index in [0.717, 1.165) is 16.5 Å². The minimum atomic E-state index is -0.644. The number of esters is 2. The van der Waals surface area contributed by atoms with E-state index in [1.165, 1.54) is 0 Å². The molecule has 37 heavy (non-hydrogen) atoms. The number of allylic oxidation sites excluding steroid dienone is 1. The van der Waals surface area contributed by atoms with Crippen LogP contribution in [0.5, 0.6) is 11.5 Å². The molecule has 3 aromatic rings. The van der Waals surface area contributed by atoms with Gasteiger partial charge in [0.1, 0.15) is 22.8 Å². The molecule has 0 amide bonds. The van der Waals surface area contributed by atoms with Crippen molar-refractivity contribution in [2.24, 2.45) is 0 Å². The largest absolute Gasteiger partial charge is 0.507 e. The van der Waals surface area contributed by atoms with Crippen LogP contribution < -0.4 is 4.74 Å². The van der Waals surface area contributed by atoms with Crippen LogP contribution in [-0.4, -0.2) is 33.9 Å². The normalized spacial score (nSPS) is 21.8. The van der Waals surface area contributed by atoms with Crippen molar-refractivity contribution in [3.63, 3.8) is 0 Å². The van der Waals surface area contributed by atoms with Gasteiger partial charge in [-0.1, -0.05) is 24.3 Å². The maximum absolute atomic E-state index is 13.3. The number of phenolic OH excluding ortho intramolecular Hbond substituents is 1. The fraction of sp³-hybridized carbons (Fsp3) is 0.333. The van der Waals surface area contributed by atoms with E-state index in [-0.39, 0.29) is 29.3 Å². The summed E-state index contributed by atoms with van der Waals surface area (Å²) >= 11 is 0. The number of phenols is 1. The second-order valence-electron chi connectivity index (χ2n) is 9.73. The number of hydrogen-bond acceptors (Lipinski definition) is 7. The molecule has 7 nitrogen and oxygen atoms in total. The van der Waals surface area contributed by atoms with Gasteiger partial charge in [0.25, 0.3) is 0 Å². The summed E-state index contributed by atoms with van der Waals surface area (Å²) in [6, 6.07) is 11.1. The molecular weight excluding hydrogens is 470 g/mol. The van der Waals surface area contributed by atoms with Crippen LogP contribution in [0.4, 0.5) is 0 Å². The lowest BCUT2D eigenvalue weighted by atomic mass is 9.83. The highest BCUT2D eigenvalue weighted by molar-refractivity contribution is 5.98. The maximum Gasteiger partial charge on any atom is 0.342 e. The van der Waals surface area contributed by atoms with E-state index < -0.39 is 24.0 Å². The summed E-state index contributed by atoms with van der Waals surface area (Å²) in [6.45, 7) is 1.78. The van der Waals surface area contributed by atoms with Gasteiger partial charge in [-0.2, -0.15) is 0 Å². The van der Waals surface area contributed by atoms with E-state index in [2.05, 4.69) is 4.98 Å². The molecule has 0 radical (unpaired) electrons. The molecule has 5 rings (SSSR count). The molecule has 190 valence electrons. The quantitative estimate of drug-likeness (QED) is 0.330. The van der Waals surface area contributed by atoms with E-state index >= 15 is 0 Å². The Balaban J connectivity index is 1.61. The Morgan fingerprint density at radius 3 is 2.76 bits per heavy atom. The second-order valence-corrected chi connectivity index (χ2v) is 9.73. The number of aromatic hydroxyl groups is 1. The molecule has 7 heteroatoms. The maximum atomic E-state index is 13.3. The average Bonchev–Trinajstić information content (AvgIpc) is 2.87. The van der Waals surface area contributed by atoms with E-state index in [0.29, 0.717) is 49.7 Å². The van der Waals surface area contributed by atoms with Crippen LogP contribution in [0.2, 0.25) is 0 Å². The minimum absolute atomic E-state index is 0.0282. The molecule has 1 aromatic heterocycles. The molecule has 0 saturated carbocycles. The second kappa shape index (κ2) is 10.5. The van der Waals surface area contributed by atoms with Gasteiger partial charge in [-0.15, -0.1) is 0 Å². The van der Waals surface area contributed by atoms with Gasteiger partial charge in [-0.05, 0) is 68.0 Å². The predicted molar refractivity (Wildman–Crippen MR) is 139 cm³/mol. The van der Waals surface area contributed by atoms with E-state index in [9.17, 15) is 19.5 Å². The first kappa shape index (κ1) is 24.7. The summed E-state index contributed by atoms with van der Waals surface area (Å²) in [5, 5.41) is 12.4. The third-order valence-corrected chi connectivity index (χ3v) is 7.01. The molecule has 0 bridgehead atoms. The molecule has 2 aliphatic rings. The number of carbonyl (C=O) groups excluding carboxylic acids is 3. The lowest BCUT2D eigenvalue weighted by Gasteiger charge is -2.28. The molecule has 0 fully saturated rings. The number of cyclic esters (lactones) is 1. The van der Waals surface area contributed by atoms with Crippen molar-refractivity contribution in [3.05, 3.63) is 70.9 Å². The van der Waals surface area contributed by atoms with Crippen LogP contribution in [0.1, 0.15) is 84.8 Å². The zero-order chi connectivity index (χ0) is 25.9. The Bertz CT molecular complexity index is 1410. The summed E-state index contributed by atoms with van der Waals surface area (Å²) in [6.07, 6.45) is 8.41. The fourth-order valence-electron chi connectivity index (χ4n) is 5.11. The van der Waals surface area contributed by atoms with Gasteiger partial charge in [0.2, 0.25) is 0 Å². The van der Waals surface area contributed by atoms with Crippen molar-refractivity contribution < 1.29 is 29.0 Å². The molecule has 0 saturated heterocycles. The van der Waals surface area contributed by atoms with E-state index in [1.54, 1.807) is 25.3 Å². The number of ketones is 1. The standard InChI is InChI=1S/C30H29NO6/c1-18-7-5-11-22(32)10-4-2-3-8-21-16-25-28(29(34)27(21)30(35)36-18)23(17-26(33)37-25)19-12-13-24-20(15-19)9-6-14-31-24/h3,6,8-9,12-16,18,23,34H,2,4-5,7,10-11,17H2,1H3/b8-3+. The van der Waals surface area contributed by atoms with Gasteiger partial charge in [0.15, 0.2) is 0 Å². The first-order valence-electron chi connectivity index (χ1n) is 12.7. The Kier molecular flexibility index (Phi) is 7.04. The number of fused-ring (bicyclic) bond motifs is 3. The molecule has 2 aromatic carbocycles. The molecule has 1 N–H and O–H groups in total. The van der Waals surface area contributed by atoms with Crippen molar-refractivity contribution >= 4 is 34.7 Å². The number of carbonyl (C=O) groups is 3. The van der Waals surface area contributed by atoms with Gasteiger partial charge < -0.3 is 14.6 Å². The third kappa shape index (κ3) is 5.26. The van der Waals surface area contributed by atoms with Crippen LogP contribution in [0.25, 0.3) is 17.0 Å². The molecule has 3 heterocycles. The van der Waals surface area contributed by atoms with E-state index in [1.807, 2.05) is 36.4 Å². The molecule has 2 unspecified atom stereocenters. The molecule has 0 aliphatic carbocycles. The van der Waals surface area contributed by atoms with Gasteiger partial charge >= 0.3 is 11.9 Å². The Morgan fingerprint density at radius 2 is 1.89 bits per heavy atom. The highest BCUT2D eigenvalue weighted by Gasteiger charge is 2.35. The summed E-state index contributed by atoms with van der Waals surface area (Å²) in [4.78, 5) is 42.4. The first-order valence-corrected chi connectivity index (χ1v) is 12.7. The Morgan fingerprint density at radius 1 is 1.05 bits per heavy atom. The zero-order valence-electron chi connectivity index (χ0n) is 20.7. The number of nitrogens with zero attached hydrogens (tertiary/aromatic N) is 1. The van der Waals surface area contributed by atoms with Gasteiger partial charge in [-0.25, -0.2) is 4.79 Å². The van der Waals surface area contributed by atoms with Crippen LogP contribution in [-0.2, 0) is 14.3 Å². The predicted octanol–water partition coefficient (Wildman–Crippen LogP) is 5.86. The number of ether oxygens (including phenoxy) is 2. The molecule has 2 atom stereocenters.